The first-order valence-corrected chi connectivity index (χ1v) is 8.73. The summed E-state index contributed by atoms with van der Waals surface area (Å²) < 4.78 is 20.0. The van der Waals surface area contributed by atoms with Crippen molar-refractivity contribution in [3.63, 3.8) is 0 Å². The van der Waals surface area contributed by atoms with E-state index in [0.29, 0.717) is 16.8 Å². The van der Waals surface area contributed by atoms with Crippen molar-refractivity contribution in [3.05, 3.63) is 94.9 Å². The summed E-state index contributed by atoms with van der Waals surface area (Å²) in [7, 11) is 0. The van der Waals surface area contributed by atoms with Crippen LogP contribution < -0.4 is 10.9 Å². The monoisotopic (exact) mass is 393 g/mol. The Bertz CT molecular complexity index is 1240. The van der Waals surface area contributed by atoms with Gasteiger partial charge in [-0.3, -0.25) is 4.79 Å². The Labute approximate surface area is 164 Å². The van der Waals surface area contributed by atoms with Gasteiger partial charge in [0.2, 0.25) is 5.55 Å². The number of hydrogen-bond acceptors (Lipinski definition) is 4. The predicted octanol–water partition coefficient (Wildman–Crippen LogP) is 5.11. The van der Waals surface area contributed by atoms with Gasteiger partial charge >= 0.3 is 0 Å². The van der Waals surface area contributed by atoms with Gasteiger partial charge in [-0.25, -0.2) is 14.4 Å². The molecule has 2 aromatic heterocycles. The van der Waals surface area contributed by atoms with E-state index >= 15 is 0 Å². The number of nitrogens with zero attached hydrogens (tertiary/aromatic N) is 2. The molecule has 0 aliphatic rings. The van der Waals surface area contributed by atoms with Crippen molar-refractivity contribution < 1.29 is 13.6 Å². The van der Waals surface area contributed by atoms with Crippen LogP contribution in [0.15, 0.2) is 82.3 Å². The van der Waals surface area contributed by atoms with Crippen LogP contribution in [0.3, 0.4) is 0 Å². The molecule has 0 saturated carbocycles. The van der Waals surface area contributed by atoms with Gasteiger partial charge in [0, 0.05) is 16.6 Å². The lowest BCUT2D eigenvalue weighted by Gasteiger charge is -2.06. The fourth-order valence-electron chi connectivity index (χ4n) is 2.62. The Hall–Kier alpha value is -3.51. The quantitative estimate of drug-likeness (QED) is 0.526. The van der Waals surface area contributed by atoms with Crippen molar-refractivity contribution >= 4 is 40.0 Å². The number of halogens is 2. The maximum absolute atomic E-state index is 14.2. The van der Waals surface area contributed by atoms with Crippen molar-refractivity contribution in [1.29, 1.82) is 0 Å². The zero-order valence-corrected chi connectivity index (χ0v) is 15.2. The number of anilines is 1. The normalized spacial score (nSPS) is 11.6. The van der Waals surface area contributed by atoms with E-state index in [4.69, 9.17) is 16.0 Å². The number of aromatic nitrogens is 1. The zero-order chi connectivity index (χ0) is 19.5. The SMILES string of the molecule is O=C(Nc1ccccn1)c1cc2ccccc2oc1=Nc1ccc(Cl)cc1F. The summed E-state index contributed by atoms with van der Waals surface area (Å²) in [4.78, 5) is 21.1. The van der Waals surface area contributed by atoms with Gasteiger partial charge in [0.15, 0.2) is 0 Å². The van der Waals surface area contributed by atoms with E-state index in [9.17, 15) is 9.18 Å². The molecule has 0 atom stereocenters. The maximum atomic E-state index is 14.2. The Kier molecular flexibility index (Phi) is 4.87. The summed E-state index contributed by atoms with van der Waals surface area (Å²) in [5.41, 5.74) is 0.660. The lowest BCUT2D eigenvalue weighted by atomic mass is 10.1. The number of carbonyl (C=O) groups excluding carboxylic acids is 1. The van der Waals surface area contributed by atoms with Gasteiger partial charge in [0.05, 0.1) is 0 Å². The average molecular weight is 394 g/mol. The Morgan fingerprint density at radius 1 is 1.07 bits per heavy atom. The molecule has 0 spiro atoms. The fourth-order valence-corrected chi connectivity index (χ4v) is 2.78. The molecule has 4 rings (SSSR count). The first-order valence-electron chi connectivity index (χ1n) is 8.35. The van der Waals surface area contributed by atoms with Crippen molar-refractivity contribution in [2.45, 2.75) is 0 Å². The molecule has 7 heteroatoms. The minimum absolute atomic E-state index is 0.00955. The summed E-state index contributed by atoms with van der Waals surface area (Å²) in [5, 5.41) is 3.65. The molecule has 1 N–H and O–H groups in total. The number of hydrogen-bond donors (Lipinski definition) is 1. The Morgan fingerprint density at radius 3 is 2.68 bits per heavy atom. The van der Waals surface area contributed by atoms with E-state index in [-0.39, 0.29) is 21.8 Å². The van der Waals surface area contributed by atoms with E-state index in [0.717, 1.165) is 6.07 Å². The van der Waals surface area contributed by atoms with E-state index in [1.807, 2.05) is 12.1 Å². The zero-order valence-electron chi connectivity index (χ0n) is 14.4. The van der Waals surface area contributed by atoms with Crippen molar-refractivity contribution in [2.24, 2.45) is 4.99 Å². The van der Waals surface area contributed by atoms with Crippen LogP contribution in [0, 0.1) is 5.82 Å². The second-order valence-corrected chi connectivity index (χ2v) is 6.32. The van der Waals surface area contributed by atoms with Crippen LogP contribution in [0.4, 0.5) is 15.9 Å². The summed E-state index contributed by atoms with van der Waals surface area (Å²) in [5.74, 6) is -0.711. The van der Waals surface area contributed by atoms with Gasteiger partial charge < -0.3 is 9.73 Å². The highest BCUT2D eigenvalue weighted by molar-refractivity contribution is 6.30. The molecular formula is C21H13ClFN3O2. The topological polar surface area (TPSA) is 67.5 Å². The minimum atomic E-state index is -0.619. The van der Waals surface area contributed by atoms with Gasteiger partial charge in [-0.05, 0) is 42.5 Å². The van der Waals surface area contributed by atoms with Crippen LogP contribution in [-0.4, -0.2) is 10.9 Å². The first kappa shape index (κ1) is 17.9. The number of amides is 1. The molecule has 0 radical (unpaired) electrons. The van der Waals surface area contributed by atoms with Gasteiger partial charge in [0.25, 0.3) is 5.91 Å². The molecule has 1 amide bonds. The third kappa shape index (κ3) is 3.77. The van der Waals surface area contributed by atoms with Crippen molar-refractivity contribution in [3.8, 4) is 0 Å². The van der Waals surface area contributed by atoms with Crippen molar-refractivity contribution in [1.82, 2.24) is 4.98 Å². The van der Waals surface area contributed by atoms with Crippen LogP contribution in [0.25, 0.3) is 11.0 Å². The third-order valence-electron chi connectivity index (χ3n) is 3.94. The Morgan fingerprint density at radius 2 is 1.89 bits per heavy atom. The van der Waals surface area contributed by atoms with Crippen molar-refractivity contribution in [2.75, 3.05) is 5.32 Å². The molecule has 0 aliphatic heterocycles. The van der Waals surface area contributed by atoms with E-state index in [2.05, 4.69) is 15.3 Å². The molecule has 28 heavy (non-hydrogen) atoms. The third-order valence-corrected chi connectivity index (χ3v) is 4.17. The standard InChI is InChI=1S/C21H13ClFN3O2/c22-14-8-9-17(16(23)12-14)25-21-15(11-13-5-1-2-6-18(13)28-21)20(27)26-19-7-3-4-10-24-19/h1-12H,(H,24,26,27). The highest BCUT2D eigenvalue weighted by Crippen LogP contribution is 2.22. The number of nitrogens with one attached hydrogen (secondary N) is 1. The number of rotatable bonds is 3. The average Bonchev–Trinajstić information content (AvgIpc) is 2.70. The van der Waals surface area contributed by atoms with Crippen LogP contribution in [0.5, 0.6) is 0 Å². The van der Waals surface area contributed by atoms with E-state index in [1.54, 1.807) is 42.6 Å². The number of benzene rings is 2. The lowest BCUT2D eigenvalue weighted by molar-refractivity contribution is 0.102. The van der Waals surface area contributed by atoms with Crippen LogP contribution in [0.2, 0.25) is 5.02 Å². The number of carbonyl (C=O) groups is 1. The molecule has 0 saturated heterocycles. The summed E-state index contributed by atoms with van der Waals surface area (Å²) in [6.45, 7) is 0. The molecule has 5 nitrogen and oxygen atoms in total. The van der Waals surface area contributed by atoms with Gasteiger partial charge in [0.1, 0.15) is 28.5 Å². The maximum Gasteiger partial charge on any atom is 0.262 e. The van der Waals surface area contributed by atoms with Gasteiger partial charge in [-0.1, -0.05) is 35.9 Å². The lowest BCUT2D eigenvalue weighted by Crippen LogP contribution is -2.22. The van der Waals surface area contributed by atoms with Crippen LogP contribution in [0.1, 0.15) is 10.4 Å². The second kappa shape index (κ2) is 7.62. The predicted molar refractivity (Wildman–Crippen MR) is 105 cm³/mol. The van der Waals surface area contributed by atoms with E-state index < -0.39 is 11.7 Å². The molecular weight excluding hydrogens is 381 g/mol. The fraction of sp³-hybridized carbons (Fsp3) is 0. The first-order chi connectivity index (χ1) is 13.6. The molecule has 4 aromatic rings. The smallest absolute Gasteiger partial charge is 0.262 e. The molecule has 138 valence electrons. The summed E-state index contributed by atoms with van der Waals surface area (Å²) in [6.07, 6.45) is 1.56. The van der Waals surface area contributed by atoms with Crippen LogP contribution in [-0.2, 0) is 0 Å². The molecule has 0 fully saturated rings. The Balaban J connectivity index is 1.87. The van der Waals surface area contributed by atoms with Crippen LogP contribution >= 0.6 is 11.6 Å². The van der Waals surface area contributed by atoms with Gasteiger partial charge in [-0.15, -0.1) is 0 Å². The largest absolute Gasteiger partial charge is 0.438 e. The number of para-hydroxylation sites is 1. The number of fused-ring (bicyclic) bond motifs is 1. The summed E-state index contributed by atoms with van der Waals surface area (Å²) in [6, 6.07) is 18.1. The molecule has 0 aliphatic carbocycles. The highest BCUT2D eigenvalue weighted by Gasteiger charge is 2.14. The highest BCUT2D eigenvalue weighted by atomic mass is 35.5. The molecule has 0 bridgehead atoms. The summed E-state index contributed by atoms with van der Waals surface area (Å²) >= 11 is 5.79. The van der Waals surface area contributed by atoms with Gasteiger partial charge in [-0.2, -0.15) is 0 Å². The second-order valence-electron chi connectivity index (χ2n) is 5.88. The molecule has 0 unspecified atom stereocenters. The number of pyridine rings is 1. The van der Waals surface area contributed by atoms with E-state index in [1.165, 1.54) is 12.1 Å². The minimum Gasteiger partial charge on any atom is -0.438 e. The molecule has 2 heterocycles. The molecule has 2 aromatic carbocycles.